The summed E-state index contributed by atoms with van der Waals surface area (Å²) in [4.78, 5) is 0. The van der Waals surface area contributed by atoms with Crippen molar-refractivity contribution in [2.24, 2.45) is 0 Å². The maximum Gasteiger partial charge on any atom is 0.0387 e. The maximum atomic E-state index is 8.02. The Hall–Kier alpha value is 0.960. The lowest BCUT2D eigenvalue weighted by Gasteiger charge is -2.01. The predicted molar refractivity (Wildman–Crippen MR) is 73.8 cm³/mol. The molecule has 0 saturated heterocycles. The van der Waals surface area contributed by atoms with Gasteiger partial charge in [-0.1, -0.05) is 82.8 Å². The summed E-state index contributed by atoms with van der Waals surface area (Å²) in [6.45, 7) is 0. The van der Waals surface area contributed by atoms with Crippen LogP contribution in [0.3, 0.4) is 0 Å². The van der Waals surface area contributed by atoms with Crippen molar-refractivity contribution in [3.63, 3.8) is 0 Å². The minimum absolute atomic E-state index is 2.14. The Morgan fingerprint density at radius 1 is 0.500 bits per heavy atom. The summed E-state index contributed by atoms with van der Waals surface area (Å²) in [5.41, 5.74) is 0. The summed E-state index contributed by atoms with van der Waals surface area (Å²) in [7, 11) is 0. The molecule has 0 aliphatic carbocycles. The summed E-state index contributed by atoms with van der Waals surface area (Å²) >= 11 is 4.28. The van der Waals surface area contributed by atoms with Gasteiger partial charge < -0.3 is 0 Å². The SMILES string of the molecule is [2H]C([2H])(Br)C([2H])([2H])C([2H])([2H])C([2H])([2H])C([2H])([2H])C([2H])([2H])C([2H])([2H])C([2H])([2H])C([2H])([2H])C([2H])([2H])C([2H])([2H])C([2H])([2H])Br. The Morgan fingerprint density at radius 2 is 0.714 bits per heavy atom. The standard InChI is InChI=1S/C12H24Br2/c13-11-9-7-5-3-1-2-4-6-8-10-12-14/h1-12H2/i1D2,2D2,3D2,4D2,5D2,6D2,7D2,8D2,9D2,10D2,11D2,12D2. The lowest BCUT2D eigenvalue weighted by Crippen LogP contribution is -1.82. The molecule has 0 aliphatic rings. The molecule has 0 radical (unpaired) electrons. The largest absolute Gasteiger partial charge is 0.0928 e. The normalized spacial score (nSPS) is 48.4. The van der Waals surface area contributed by atoms with E-state index in [2.05, 4.69) is 31.9 Å². The number of hydrogen-bond donors (Lipinski definition) is 0. The third-order valence-electron chi connectivity index (χ3n) is 0.657. The minimum Gasteiger partial charge on any atom is -0.0928 e. The molecular formula is C12H24Br2. The quantitative estimate of drug-likeness (QED) is 0.420. The van der Waals surface area contributed by atoms with Crippen molar-refractivity contribution >= 4 is 31.9 Å². The molecule has 0 aromatic carbocycles. The zero-order valence-electron chi connectivity index (χ0n) is 30.8. The van der Waals surface area contributed by atoms with Crippen LogP contribution in [0.15, 0.2) is 0 Å². The third kappa shape index (κ3) is 13.0. The molecule has 0 atom stereocenters. The van der Waals surface area contributed by atoms with Crippen molar-refractivity contribution < 1.29 is 32.9 Å². The molecule has 0 aromatic heterocycles. The Kier molecular flexibility index (Phi) is 2.02. The molecule has 86 valence electrons. The lowest BCUT2D eigenvalue weighted by molar-refractivity contribution is 0.564. The molecule has 0 saturated carbocycles. The summed E-state index contributed by atoms with van der Waals surface area (Å²) in [6, 6.07) is 0. The van der Waals surface area contributed by atoms with Gasteiger partial charge in [0, 0.05) is 43.5 Å². The van der Waals surface area contributed by atoms with Crippen LogP contribution in [0, 0.1) is 0 Å². The first-order chi connectivity index (χ1) is 15.8. The predicted octanol–water partition coefficient (Wildman–Crippen LogP) is 5.68. The number of alkyl halides is 2. The molecular weight excluding hydrogens is 304 g/mol. The molecule has 0 spiro atoms. The van der Waals surface area contributed by atoms with Crippen molar-refractivity contribution in [3.8, 4) is 0 Å². The monoisotopic (exact) mass is 350 g/mol. The second-order valence-electron chi connectivity index (χ2n) is 1.44. The molecule has 2 heteroatoms. The van der Waals surface area contributed by atoms with Gasteiger partial charge >= 0.3 is 0 Å². The van der Waals surface area contributed by atoms with Crippen LogP contribution in [0.25, 0.3) is 0 Å². The average molecular weight is 352 g/mol. The molecule has 0 bridgehead atoms. The summed E-state index contributed by atoms with van der Waals surface area (Å²) in [5, 5.41) is -6.83. The van der Waals surface area contributed by atoms with Gasteiger partial charge in [0.25, 0.3) is 0 Å². The van der Waals surface area contributed by atoms with Gasteiger partial charge in [-0.05, 0) is 12.7 Å². The summed E-state index contributed by atoms with van der Waals surface area (Å²) in [6.07, 6.45) is -44.6. The van der Waals surface area contributed by atoms with Crippen LogP contribution in [-0.4, -0.2) is 10.6 Å². The molecule has 0 nitrogen and oxygen atoms in total. The van der Waals surface area contributed by atoms with Gasteiger partial charge in [0.05, 0.1) is 0 Å². The molecule has 0 aliphatic heterocycles. The molecule has 0 unspecified atom stereocenters. The van der Waals surface area contributed by atoms with E-state index in [-0.39, 0.29) is 0 Å². The van der Waals surface area contributed by atoms with E-state index in [9.17, 15) is 0 Å². The number of hydrogen-bond acceptors (Lipinski definition) is 0. The Bertz CT molecular complexity index is 802. The maximum absolute atomic E-state index is 8.02. The molecule has 0 rings (SSSR count). The first-order valence-electron chi connectivity index (χ1n) is 15.1. The van der Waals surface area contributed by atoms with Crippen LogP contribution in [0.2, 0.25) is 0 Å². The average Bonchev–Trinajstić information content (AvgIpc) is 2.64. The topological polar surface area (TPSA) is 0 Å². The Balaban J connectivity index is 7.29. The van der Waals surface area contributed by atoms with E-state index >= 15 is 0 Å². The van der Waals surface area contributed by atoms with Crippen LogP contribution in [0.4, 0.5) is 0 Å². The zero-order chi connectivity index (χ0) is 32.0. The number of rotatable bonds is 11. The third-order valence-corrected chi connectivity index (χ3v) is 1.05. The van der Waals surface area contributed by atoms with Crippen LogP contribution in [-0.2, 0) is 0 Å². The van der Waals surface area contributed by atoms with Gasteiger partial charge in [-0.3, -0.25) is 0 Å². The highest BCUT2D eigenvalue weighted by atomic mass is 79.9. The van der Waals surface area contributed by atoms with Crippen LogP contribution >= 0.6 is 31.9 Å². The Morgan fingerprint density at radius 3 is 0.929 bits per heavy atom. The lowest BCUT2D eigenvalue weighted by atomic mass is 10.1. The second-order valence-corrected chi connectivity index (χ2v) is 2.23. The van der Waals surface area contributed by atoms with Gasteiger partial charge in [-0.2, -0.15) is 0 Å². The van der Waals surface area contributed by atoms with E-state index in [0.29, 0.717) is 0 Å². The fraction of sp³-hybridized carbons (Fsp3) is 1.00. The van der Waals surface area contributed by atoms with Crippen LogP contribution < -0.4 is 0 Å². The molecule has 0 aromatic rings. The highest BCUT2D eigenvalue weighted by Gasteiger charge is 1.92. The van der Waals surface area contributed by atoms with Crippen LogP contribution in [0.1, 0.15) is 96.6 Å². The van der Waals surface area contributed by atoms with Crippen LogP contribution in [0.5, 0.6) is 0 Å². The molecule has 0 N–H and O–H groups in total. The van der Waals surface area contributed by atoms with Crippen molar-refractivity contribution in [3.05, 3.63) is 0 Å². The molecule has 0 heterocycles. The smallest absolute Gasteiger partial charge is 0.0387 e. The van der Waals surface area contributed by atoms with E-state index in [0.717, 1.165) is 0 Å². The molecule has 0 amide bonds. The van der Waals surface area contributed by atoms with E-state index in [1.165, 1.54) is 0 Å². The van der Waals surface area contributed by atoms with Gasteiger partial charge in [-0.15, -0.1) is 0 Å². The number of halogens is 2. The van der Waals surface area contributed by atoms with Crippen molar-refractivity contribution in [2.45, 2.75) is 63.7 Å². The minimum atomic E-state index is -4.72. The summed E-state index contributed by atoms with van der Waals surface area (Å²) in [5.74, 6) is 0. The van der Waals surface area contributed by atoms with Gasteiger partial charge in [0.2, 0.25) is 0 Å². The van der Waals surface area contributed by atoms with E-state index in [1.54, 1.807) is 0 Å². The first kappa shape index (κ1) is 2.02. The van der Waals surface area contributed by atoms with Crippen molar-refractivity contribution in [1.82, 2.24) is 0 Å². The molecule has 0 fully saturated rings. The highest BCUT2D eigenvalue weighted by molar-refractivity contribution is 9.09. The van der Waals surface area contributed by atoms with E-state index in [4.69, 9.17) is 32.9 Å². The highest BCUT2D eigenvalue weighted by Crippen LogP contribution is 2.11. The van der Waals surface area contributed by atoms with Crippen molar-refractivity contribution in [1.29, 1.82) is 0 Å². The zero-order valence-corrected chi connectivity index (χ0v) is 9.93. The fourth-order valence-electron chi connectivity index (χ4n) is 0.297. The fourth-order valence-corrected chi connectivity index (χ4v) is 0.495. The summed E-state index contributed by atoms with van der Waals surface area (Å²) < 4.78 is 188. The van der Waals surface area contributed by atoms with Crippen molar-refractivity contribution in [2.75, 3.05) is 10.6 Å². The Labute approximate surface area is 140 Å². The first-order valence-corrected chi connectivity index (χ1v) is 4.71. The van der Waals surface area contributed by atoms with E-state index < -0.39 is 74.3 Å². The van der Waals surface area contributed by atoms with Gasteiger partial charge in [0.1, 0.15) is 0 Å². The van der Waals surface area contributed by atoms with Gasteiger partial charge in [-0.25, -0.2) is 0 Å². The van der Waals surface area contributed by atoms with Gasteiger partial charge in [0.15, 0.2) is 0 Å². The second kappa shape index (κ2) is 14.0. The molecule has 14 heavy (non-hydrogen) atoms. The van der Waals surface area contributed by atoms with E-state index in [1.807, 2.05) is 0 Å².